The first-order chi connectivity index (χ1) is 29.9. The third kappa shape index (κ3) is 6.94. The molecule has 62 heavy (non-hydrogen) atoms. The summed E-state index contributed by atoms with van der Waals surface area (Å²) in [7, 11) is 4.03. The predicted octanol–water partition coefficient (Wildman–Crippen LogP) is 5.99. The summed E-state index contributed by atoms with van der Waals surface area (Å²) >= 11 is 0. The molecule has 2 saturated heterocycles. The summed E-state index contributed by atoms with van der Waals surface area (Å²) in [5.41, 5.74) is 6.41. The van der Waals surface area contributed by atoms with Gasteiger partial charge in [0.05, 0.1) is 61.1 Å². The van der Waals surface area contributed by atoms with Crippen molar-refractivity contribution in [2.45, 2.75) is 83.5 Å². The molecule has 0 saturated carbocycles. The van der Waals surface area contributed by atoms with E-state index in [-0.39, 0.29) is 41.7 Å². The molecule has 5 aromatic rings. The van der Waals surface area contributed by atoms with E-state index in [1.165, 1.54) is 21.3 Å². The van der Waals surface area contributed by atoms with Gasteiger partial charge < -0.3 is 49.3 Å². The Balaban J connectivity index is 0.975. The minimum atomic E-state index is -0.962. The molecule has 0 radical (unpaired) electrons. The number of benzene rings is 3. The summed E-state index contributed by atoms with van der Waals surface area (Å²) < 4.78 is 21.5. The number of aromatic nitrogens is 4. The van der Waals surface area contributed by atoms with Crippen molar-refractivity contribution < 1.29 is 38.1 Å². The van der Waals surface area contributed by atoms with Gasteiger partial charge in [-0.05, 0) is 78.9 Å². The molecular formula is C46H50N8O8. The van der Waals surface area contributed by atoms with Crippen LogP contribution in [0.5, 0.6) is 5.75 Å². The molecule has 9 rings (SSSR count). The number of likely N-dealkylation sites (tertiary alicyclic amines) is 2. The molecule has 0 spiro atoms. The van der Waals surface area contributed by atoms with Gasteiger partial charge in [0.1, 0.15) is 42.1 Å². The zero-order valence-electron chi connectivity index (χ0n) is 35.7. The van der Waals surface area contributed by atoms with Crippen LogP contribution in [0.4, 0.5) is 9.59 Å². The van der Waals surface area contributed by atoms with Gasteiger partial charge >= 0.3 is 12.2 Å². The summed E-state index contributed by atoms with van der Waals surface area (Å²) in [4.78, 5) is 72.8. The maximum absolute atomic E-state index is 14.0. The van der Waals surface area contributed by atoms with E-state index in [0.29, 0.717) is 24.8 Å². The topological polar surface area (TPSA) is 193 Å². The van der Waals surface area contributed by atoms with Gasteiger partial charge in [-0.3, -0.25) is 9.59 Å². The molecule has 3 aliphatic heterocycles. The molecule has 3 aromatic carbocycles. The first-order valence-electron chi connectivity index (χ1n) is 21.0. The Morgan fingerprint density at radius 3 is 2.37 bits per heavy atom. The summed E-state index contributed by atoms with van der Waals surface area (Å²) in [5.74, 6) is 7.82. The smallest absolute Gasteiger partial charge is 0.407 e. The first kappa shape index (κ1) is 40.8. The van der Waals surface area contributed by atoms with Crippen LogP contribution in [0.1, 0.15) is 69.8 Å². The minimum absolute atomic E-state index is 0.00957. The normalized spacial score (nSPS) is 22.4. The zero-order chi connectivity index (χ0) is 43.6. The second-order valence-corrected chi connectivity index (χ2v) is 17.0. The van der Waals surface area contributed by atoms with Gasteiger partial charge in [-0.1, -0.05) is 43.9 Å². The second kappa shape index (κ2) is 16.0. The van der Waals surface area contributed by atoms with Crippen molar-refractivity contribution in [1.82, 2.24) is 40.4 Å². The number of carbonyl (C=O) groups excluding carboxylic acids is 4. The summed E-state index contributed by atoms with van der Waals surface area (Å²) in [5, 5.41) is 7.31. The molecule has 8 unspecified atom stereocenters. The lowest BCUT2D eigenvalue weighted by atomic mass is 9.84. The van der Waals surface area contributed by atoms with Crippen LogP contribution in [0.3, 0.4) is 0 Å². The SMILES string of the molecule is COC(=O)NC(C(=O)N1C(C)CCC1c1nc2c(ccc3cc4c(cc32)OCc2cc(-c3cnc(C5C6C#CC6CN5C(=O)C(NC(=O)OC)C(C)OC)[nH]3)ccc2-4)[nH]1)C(C)C. The number of methoxy groups -OCH3 is 3. The minimum Gasteiger partial charge on any atom is -0.488 e. The van der Waals surface area contributed by atoms with E-state index in [1.54, 1.807) is 18.0 Å². The molecule has 4 amide bonds. The predicted molar refractivity (Wildman–Crippen MR) is 228 cm³/mol. The van der Waals surface area contributed by atoms with E-state index < -0.39 is 36.4 Å². The Bertz CT molecular complexity index is 2680. The van der Waals surface area contributed by atoms with Crippen molar-refractivity contribution in [2.75, 3.05) is 27.9 Å². The van der Waals surface area contributed by atoms with Crippen molar-refractivity contribution in [3.05, 3.63) is 65.9 Å². The van der Waals surface area contributed by atoms with Crippen LogP contribution in [-0.4, -0.2) is 106 Å². The number of amides is 4. The highest BCUT2D eigenvalue weighted by Crippen LogP contribution is 2.46. The highest BCUT2D eigenvalue weighted by molar-refractivity contribution is 6.07. The molecule has 2 fully saturated rings. The Morgan fingerprint density at radius 1 is 0.887 bits per heavy atom. The second-order valence-electron chi connectivity index (χ2n) is 17.0. The van der Waals surface area contributed by atoms with Gasteiger partial charge in [-0.25, -0.2) is 19.6 Å². The fourth-order valence-electron chi connectivity index (χ4n) is 9.45. The number of hydrogen-bond acceptors (Lipinski definition) is 10. The number of ether oxygens (including phenoxy) is 4. The van der Waals surface area contributed by atoms with Crippen LogP contribution >= 0.6 is 0 Å². The molecular weight excluding hydrogens is 793 g/mol. The lowest BCUT2D eigenvalue weighted by molar-refractivity contribution is -0.138. The van der Waals surface area contributed by atoms with E-state index in [9.17, 15) is 19.2 Å². The molecule has 1 aliphatic carbocycles. The third-order valence-electron chi connectivity index (χ3n) is 13.0. The monoisotopic (exact) mass is 842 g/mol. The fourth-order valence-corrected chi connectivity index (χ4v) is 9.45. The quantitative estimate of drug-likeness (QED) is 0.121. The van der Waals surface area contributed by atoms with E-state index in [0.717, 1.165) is 68.3 Å². The number of carbonyl (C=O) groups is 4. The highest BCUT2D eigenvalue weighted by Gasteiger charge is 2.50. The molecule has 5 heterocycles. The molecule has 0 bridgehead atoms. The van der Waals surface area contributed by atoms with E-state index >= 15 is 0 Å². The number of nitrogens with one attached hydrogen (secondary N) is 4. The number of alkyl carbamates (subject to hydrolysis) is 2. The van der Waals surface area contributed by atoms with Crippen LogP contribution in [-0.2, 0) is 30.4 Å². The van der Waals surface area contributed by atoms with Gasteiger partial charge in [-0.2, -0.15) is 0 Å². The number of rotatable bonds is 10. The Morgan fingerprint density at radius 2 is 1.66 bits per heavy atom. The molecule has 2 aromatic heterocycles. The molecule has 322 valence electrons. The van der Waals surface area contributed by atoms with Gasteiger partial charge in [-0.15, -0.1) is 0 Å². The van der Waals surface area contributed by atoms with E-state index in [2.05, 4.69) is 68.8 Å². The maximum Gasteiger partial charge on any atom is 0.407 e. The molecule has 4 aliphatic rings. The first-order valence-corrected chi connectivity index (χ1v) is 21.0. The maximum atomic E-state index is 14.0. The number of aromatic amines is 2. The van der Waals surface area contributed by atoms with Crippen molar-refractivity contribution in [3.8, 4) is 40.0 Å². The molecule has 4 N–H and O–H groups in total. The van der Waals surface area contributed by atoms with Gasteiger partial charge in [0.25, 0.3) is 0 Å². The van der Waals surface area contributed by atoms with Crippen molar-refractivity contribution >= 4 is 45.8 Å². The Hall–Kier alpha value is -6.60. The van der Waals surface area contributed by atoms with E-state index in [4.69, 9.17) is 28.9 Å². The average Bonchev–Trinajstić information content (AvgIpc) is 4.07. The molecule has 16 nitrogen and oxygen atoms in total. The van der Waals surface area contributed by atoms with Crippen molar-refractivity contribution in [2.24, 2.45) is 17.8 Å². The number of H-pyrrole nitrogens is 2. The zero-order valence-corrected chi connectivity index (χ0v) is 35.7. The lowest BCUT2D eigenvalue weighted by Crippen LogP contribution is -2.54. The summed E-state index contributed by atoms with van der Waals surface area (Å²) in [6.45, 7) is 8.34. The Kier molecular flexibility index (Phi) is 10.5. The van der Waals surface area contributed by atoms with Crippen molar-refractivity contribution in [3.63, 3.8) is 0 Å². The van der Waals surface area contributed by atoms with Crippen LogP contribution in [0.15, 0.2) is 48.7 Å². The largest absolute Gasteiger partial charge is 0.488 e. The van der Waals surface area contributed by atoms with Crippen LogP contribution in [0, 0.1) is 29.6 Å². The average molecular weight is 843 g/mol. The highest BCUT2D eigenvalue weighted by atomic mass is 16.5. The molecule has 16 heteroatoms. The Labute approximate surface area is 358 Å². The molecule has 8 atom stereocenters. The summed E-state index contributed by atoms with van der Waals surface area (Å²) in [6.07, 6.45) is 1.37. The number of fused-ring (bicyclic) bond motifs is 7. The van der Waals surface area contributed by atoms with E-state index in [1.807, 2.05) is 31.7 Å². The van der Waals surface area contributed by atoms with Crippen molar-refractivity contribution in [1.29, 1.82) is 0 Å². The standard InChI is InChI=1S/C46H50N8O8/c1-22(2)37(51-45(57)60-6)44(56)54-23(3)8-15-35(54)41-48-33-14-11-25-17-32-29-12-9-26(16-28(29)21-62-36(32)18-31(25)39(33)50-41)34-19-47-42(49-34)40-30-13-10-27(30)20-53(40)43(55)38(24(4)59-5)52-46(58)61-7/h9,11-12,14,16-19,22-24,27,30,35,37-38,40H,8,15,20-21H2,1-7H3,(H,47,49)(H,48,50)(H,51,57)(H,52,58). The number of nitrogens with zero attached hydrogens (tertiary/aromatic N) is 4. The summed E-state index contributed by atoms with van der Waals surface area (Å²) in [6, 6.07) is 12.1. The lowest BCUT2D eigenvalue weighted by Gasteiger charge is -2.32. The third-order valence-corrected chi connectivity index (χ3v) is 13.0. The number of hydrogen-bond donors (Lipinski definition) is 4. The van der Waals surface area contributed by atoms with Gasteiger partial charge in [0.15, 0.2) is 0 Å². The number of imidazole rings is 2. The van der Waals surface area contributed by atoms with Crippen LogP contribution < -0.4 is 15.4 Å². The fraction of sp³-hybridized carbons (Fsp3) is 0.435. The van der Waals surface area contributed by atoms with Gasteiger partial charge in [0.2, 0.25) is 11.8 Å². The van der Waals surface area contributed by atoms with Crippen LogP contribution in [0.25, 0.3) is 44.2 Å². The van der Waals surface area contributed by atoms with Crippen LogP contribution in [0.2, 0.25) is 0 Å². The van der Waals surface area contributed by atoms with Gasteiger partial charge in [0, 0.05) is 30.6 Å².